The summed E-state index contributed by atoms with van der Waals surface area (Å²) in [7, 11) is 0. The van der Waals surface area contributed by atoms with Crippen molar-refractivity contribution in [3.05, 3.63) is 29.6 Å². The lowest BCUT2D eigenvalue weighted by Crippen LogP contribution is -2.02. The predicted octanol–water partition coefficient (Wildman–Crippen LogP) is 3.64. The average Bonchev–Trinajstić information content (AvgIpc) is 2.68. The van der Waals surface area contributed by atoms with Gasteiger partial charge in [-0.2, -0.15) is 5.26 Å². The molecule has 18 heavy (non-hydrogen) atoms. The van der Waals surface area contributed by atoms with Crippen LogP contribution in [0.1, 0.15) is 44.5 Å². The molecule has 0 atom stereocenters. The third kappa shape index (κ3) is 2.24. The second-order valence-corrected chi connectivity index (χ2v) is 4.92. The molecule has 0 aliphatic heterocycles. The largest absolute Gasteiger partial charge is 0.327 e. The third-order valence-electron chi connectivity index (χ3n) is 3.20. The smallest absolute Gasteiger partial charge is 0.124 e. The fraction of sp³-hybridized carbons (Fsp3) is 0.467. The van der Waals surface area contributed by atoms with E-state index >= 15 is 0 Å². The van der Waals surface area contributed by atoms with Crippen molar-refractivity contribution in [3.63, 3.8) is 0 Å². The molecule has 0 saturated carbocycles. The molecule has 0 aliphatic carbocycles. The van der Waals surface area contributed by atoms with Crippen molar-refractivity contribution in [3.8, 4) is 6.07 Å². The summed E-state index contributed by atoms with van der Waals surface area (Å²) in [6, 6.07) is 8.64. The molecule has 0 aliphatic rings. The van der Waals surface area contributed by atoms with Crippen LogP contribution in [0, 0.1) is 11.3 Å². The van der Waals surface area contributed by atoms with Crippen molar-refractivity contribution in [2.75, 3.05) is 0 Å². The van der Waals surface area contributed by atoms with Crippen molar-refractivity contribution >= 4 is 11.0 Å². The minimum Gasteiger partial charge on any atom is -0.327 e. The Balaban J connectivity index is 2.57. The molecule has 0 fully saturated rings. The highest BCUT2D eigenvalue weighted by Crippen LogP contribution is 2.22. The van der Waals surface area contributed by atoms with E-state index in [0.29, 0.717) is 12.3 Å². The Hall–Kier alpha value is -1.82. The Kier molecular flexibility index (Phi) is 3.66. The summed E-state index contributed by atoms with van der Waals surface area (Å²) in [5.41, 5.74) is 3.46. The SMILES string of the molecule is CCCn1c(CC#N)nc2cc(C(C)C)ccc21. The molecule has 3 nitrogen and oxygen atoms in total. The molecule has 0 N–H and O–H groups in total. The topological polar surface area (TPSA) is 41.6 Å². The molecule has 0 bridgehead atoms. The number of aryl methyl sites for hydroxylation is 1. The number of fused-ring (bicyclic) bond motifs is 1. The van der Waals surface area contributed by atoms with Crippen molar-refractivity contribution < 1.29 is 0 Å². The van der Waals surface area contributed by atoms with Crippen LogP contribution < -0.4 is 0 Å². The highest BCUT2D eigenvalue weighted by molar-refractivity contribution is 5.77. The van der Waals surface area contributed by atoms with E-state index in [-0.39, 0.29) is 0 Å². The van der Waals surface area contributed by atoms with Gasteiger partial charge in [-0.3, -0.25) is 0 Å². The van der Waals surface area contributed by atoms with Crippen LogP contribution in [-0.2, 0) is 13.0 Å². The van der Waals surface area contributed by atoms with Gasteiger partial charge in [0.15, 0.2) is 0 Å². The Morgan fingerprint density at radius 1 is 1.39 bits per heavy atom. The minimum atomic E-state index is 0.381. The maximum Gasteiger partial charge on any atom is 0.124 e. The van der Waals surface area contributed by atoms with E-state index in [2.05, 4.69) is 54.6 Å². The molecule has 0 unspecified atom stereocenters. The Bertz CT molecular complexity index is 588. The maximum absolute atomic E-state index is 8.88. The Labute approximate surface area is 108 Å². The first kappa shape index (κ1) is 12.6. The number of hydrogen-bond donors (Lipinski definition) is 0. The molecule has 1 heterocycles. The predicted molar refractivity (Wildman–Crippen MR) is 73.4 cm³/mol. The minimum absolute atomic E-state index is 0.381. The molecular formula is C15H19N3. The first-order valence-corrected chi connectivity index (χ1v) is 6.53. The lowest BCUT2D eigenvalue weighted by Gasteiger charge is -2.07. The molecule has 94 valence electrons. The number of nitriles is 1. The van der Waals surface area contributed by atoms with E-state index in [4.69, 9.17) is 5.26 Å². The van der Waals surface area contributed by atoms with Crippen molar-refractivity contribution in [2.45, 2.75) is 46.1 Å². The summed E-state index contributed by atoms with van der Waals surface area (Å²) in [5, 5.41) is 8.88. The fourth-order valence-electron chi connectivity index (χ4n) is 2.23. The monoisotopic (exact) mass is 241 g/mol. The van der Waals surface area contributed by atoms with Crippen molar-refractivity contribution in [1.29, 1.82) is 5.26 Å². The molecule has 2 rings (SSSR count). The number of nitrogens with zero attached hydrogens (tertiary/aromatic N) is 3. The van der Waals surface area contributed by atoms with Gasteiger partial charge in [0.2, 0.25) is 0 Å². The van der Waals surface area contributed by atoms with E-state index in [9.17, 15) is 0 Å². The highest BCUT2D eigenvalue weighted by atomic mass is 15.1. The van der Waals surface area contributed by atoms with Crippen LogP contribution in [0.5, 0.6) is 0 Å². The quantitative estimate of drug-likeness (QED) is 0.820. The van der Waals surface area contributed by atoms with Gasteiger partial charge in [0, 0.05) is 6.54 Å². The maximum atomic E-state index is 8.88. The van der Waals surface area contributed by atoms with Gasteiger partial charge in [0.25, 0.3) is 0 Å². The second kappa shape index (κ2) is 5.22. The Morgan fingerprint density at radius 3 is 2.78 bits per heavy atom. The van der Waals surface area contributed by atoms with Crippen LogP contribution >= 0.6 is 0 Å². The van der Waals surface area contributed by atoms with Gasteiger partial charge in [0.05, 0.1) is 23.5 Å². The van der Waals surface area contributed by atoms with E-state index in [1.165, 1.54) is 5.56 Å². The van der Waals surface area contributed by atoms with Crippen molar-refractivity contribution in [2.24, 2.45) is 0 Å². The van der Waals surface area contributed by atoms with Crippen LogP contribution in [0.15, 0.2) is 18.2 Å². The van der Waals surface area contributed by atoms with E-state index in [1.54, 1.807) is 0 Å². The van der Waals surface area contributed by atoms with Crippen LogP contribution in [0.4, 0.5) is 0 Å². The van der Waals surface area contributed by atoms with Gasteiger partial charge in [-0.1, -0.05) is 26.8 Å². The molecule has 0 radical (unpaired) electrons. The summed E-state index contributed by atoms with van der Waals surface area (Å²) in [5.74, 6) is 1.39. The molecule has 2 aromatic rings. The number of imidazole rings is 1. The van der Waals surface area contributed by atoms with Gasteiger partial charge in [-0.05, 0) is 30.0 Å². The first-order chi connectivity index (χ1) is 8.67. The van der Waals surface area contributed by atoms with Crippen LogP contribution in [0.25, 0.3) is 11.0 Å². The average molecular weight is 241 g/mol. The zero-order chi connectivity index (χ0) is 13.1. The lowest BCUT2D eigenvalue weighted by molar-refractivity contribution is 0.667. The van der Waals surface area contributed by atoms with Crippen LogP contribution in [0.2, 0.25) is 0 Å². The van der Waals surface area contributed by atoms with E-state index < -0.39 is 0 Å². The number of benzene rings is 1. The number of hydrogen-bond acceptors (Lipinski definition) is 2. The number of aromatic nitrogens is 2. The third-order valence-corrected chi connectivity index (χ3v) is 3.20. The standard InChI is InChI=1S/C15H19N3/c1-4-9-18-14-6-5-12(11(2)3)10-13(14)17-15(18)7-8-16/h5-6,10-11H,4,7,9H2,1-3H3. The van der Waals surface area contributed by atoms with Crippen LogP contribution in [0.3, 0.4) is 0 Å². The van der Waals surface area contributed by atoms with E-state index in [0.717, 1.165) is 29.8 Å². The number of rotatable bonds is 4. The molecule has 0 spiro atoms. The second-order valence-electron chi connectivity index (χ2n) is 4.92. The fourth-order valence-corrected chi connectivity index (χ4v) is 2.23. The lowest BCUT2D eigenvalue weighted by atomic mass is 10.0. The van der Waals surface area contributed by atoms with Crippen LogP contribution in [-0.4, -0.2) is 9.55 Å². The Morgan fingerprint density at radius 2 is 2.17 bits per heavy atom. The zero-order valence-corrected chi connectivity index (χ0v) is 11.3. The molecule has 0 saturated heterocycles. The highest BCUT2D eigenvalue weighted by Gasteiger charge is 2.11. The van der Waals surface area contributed by atoms with E-state index in [1.807, 2.05) is 0 Å². The normalized spacial score (nSPS) is 11.1. The zero-order valence-electron chi connectivity index (χ0n) is 11.3. The van der Waals surface area contributed by atoms with Crippen molar-refractivity contribution in [1.82, 2.24) is 9.55 Å². The molecule has 1 aromatic heterocycles. The molecule has 3 heteroatoms. The summed E-state index contributed by atoms with van der Waals surface area (Å²) in [4.78, 5) is 4.60. The summed E-state index contributed by atoms with van der Waals surface area (Å²) >= 11 is 0. The van der Waals surface area contributed by atoms with Gasteiger partial charge in [0.1, 0.15) is 5.82 Å². The summed E-state index contributed by atoms with van der Waals surface area (Å²) in [6.45, 7) is 7.43. The molecular weight excluding hydrogens is 222 g/mol. The van der Waals surface area contributed by atoms with Gasteiger partial charge in [-0.15, -0.1) is 0 Å². The summed E-state index contributed by atoms with van der Waals surface area (Å²) < 4.78 is 2.17. The molecule has 1 aromatic carbocycles. The van der Waals surface area contributed by atoms with Gasteiger partial charge >= 0.3 is 0 Å². The van der Waals surface area contributed by atoms with Gasteiger partial charge < -0.3 is 4.57 Å². The molecule has 0 amide bonds. The summed E-state index contributed by atoms with van der Waals surface area (Å²) in [6.07, 6.45) is 1.43. The first-order valence-electron chi connectivity index (χ1n) is 6.53. The van der Waals surface area contributed by atoms with Gasteiger partial charge in [-0.25, -0.2) is 4.98 Å².